The number of hydrogen-bond donors (Lipinski definition) is 1. The SMILES string of the molecule is CC1(C)OCC(=O)[C@H]([C@H](O)[C@@H](COCc2ccccc2)N=[N+]=[N-])O1. The molecule has 0 bridgehead atoms. The molecule has 1 aromatic carbocycles. The van der Waals surface area contributed by atoms with Crippen LogP contribution in [0.3, 0.4) is 0 Å². The first-order valence-electron chi connectivity index (χ1n) is 7.61. The number of aliphatic hydroxyl groups excluding tert-OH is 1. The lowest BCUT2D eigenvalue weighted by Crippen LogP contribution is -2.54. The van der Waals surface area contributed by atoms with Gasteiger partial charge < -0.3 is 19.3 Å². The fraction of sp³-hybridized carbons (Fsp3) is 0.562. The zero-order valence-corrected chi connectivity index (χ0v) is 13.7. The number of benzene rings is 1. The van der Waals surface area contributed by atoms with Crippen LogP contribution in [-0.4, -0.2) is 48.1 Å². The summed E-state index contributed by atoms with van der Waals surface area (Å²) in [7, 11) is 0. The first-order chi connectivity index (χ1) is 11.4. The number of Topliss-reactive ketones (excluding diaryl/α,β-unsaturated/α-hetero) is 1. The number of hydrogen-bond acceptors (Lipinski definition) is 6. The molecule has 0 unspecified atom stereocenters. The molecular weight excluding hydrogens is 314 g/mol. The number of ether oxygens (including phenoxy) is 3. The molecule has 2 rings (SSSR count). The Kier molecular flexibility index (Phi) is 6.30. The van der Waals surface area contributed by atoms with Crippen LogP contribution >= 0.6 is 0 Å². The summed E-state index contributed by atoms with van der Waals surface area (Å²) < 4.78 is 16.2. The van der Waals surface area contributed by atoms with Gasteiger partial charge in [0.2, 0.25) is 0 Å². The topological polar surface area (TPSA) is 114 Å². The van der Waals surface area contributed by atoms with Crippen LogP contribution in [0, 0.1) is 0 Å². The summed E-state index contributed by atoms with van der Waals surface area (Å²) in [6.07, 6.45) is -2.43. The van der Waals surface area contributed by atoms with Crippen LogP contribution < -0.4 is 0 Å². The molecule has 1 N–H and O–H groups in total. The van der Waals surface area contributed by atoms with Gasteiger partial charge in [-0.25, -0.2) is 0 Å². The van der Waals surface area contributed by atoms with Crippen molar-refractivity contribution in [1.82, 2.24) is 0 Å². The van der Waals surface area contributed by atoms with Gasteiger partial charge in [-0.2, -0.15) is 0 Å². The quantitative estimate of drug-likeness (QED) is 0.465. The van der Waals surface area contributed by atoms with Crippen LogP contribution in [0.4, 0.5) is 0 Å². The Labute approximate surface area is 140 Å². The summed E-state index contributed by atoms with van der Waals surface area (Å²) in [6, 6.07) is 8.51. The third-order valence-electron chi connectivity index (χ3n) is 3.59. The fourth-order valence-corrected chi connectivity index (χ4v) is 2.33. The number of carbonyl (C=O) groups is 1. The van der Waals surface area contributed by atoms with E-state index in [1.54, 1.807) is 13.8 Å². The normalized spacial score (nSPS) is 22.5. The molecule has 1 aliphatic rings. The van der Waals surface area contributed by atoms with Gasteiger partial charge in [0.1, 0.15) is 12.7 Å². The maximum Gasteiger partial charge on any atom is 0.190 e. The Morgan fingerprint density at radius 1 is 1.46 bits per heavy atom. The Bertz CT molecular complexity index is 601. The van der Waals surface area contributed by atoms with E-state index in [0.717, 1.165) is 5.56 Å². The molecule has 1 aliphatic heterocycles. The van der Waals surface area contributed by atoms with Crippen LogP contribution in [0.1, 0.15) is 19.4 Å². The number of rotatable bonds is 7. The molecule has 0 amide bonds. The van der Waals surface area contributed by atoms with E-state index in [4.69, 9.17) is 19.7 Å². The highest BCUT2D eigenvalue weighted by molar-refractivity contribution is 5.85. The van der Waals surface area contributed by atoms with Crippen molar-refractivity contribution < 1.29 is 24.1 Å². The minimum atomic E-state index is -1.31. The zero-order valence-electron chi connectivity index (χ0n) is 13.7. The lowest BCUT2D eigenvalue weighted by molar-refractivity contribution is -0.272. The van der Waals surface area contributed by atoms with E-state index < -0.39 is 29.8 Å². The molecule has 24 heavy (non-hydrogen) atoms. The lowest BCUT2D eigenvalue weighted by Gasteiger charge is -2.38. The van der Waals surface area contributed by atoms with Crippen molar-refractivity contribution in [2.24, 2.45) is 5.11 Å². The van der Waals surface area contributed by atoms with Crippen molar-refractivity contribution in [3.63, 3.8) is 0 Å². The number of aliphatic hydroxyl groups is 1. The average molecular weight is 335 g/mol. The third kappa shape index (κ3) is 5.02. The maximum atomic E-state index is 11.9. The number of nitrogens with zero attached hydrogens (tertiary/aromatic N) is 3. The molecule has 1 heterocycles. The van der Waals surface area contributed by atoms with Crippen LogP contribution in [0.5, 0.6) is 0 Å². The molecule has 0 radical (unpaired) electrons. The van der Waals surface area contributed by atoms with Crippen LogP contribution in [0.15, 0.2) is 35.4 Å². The minimum absolute atomic E-state index is 0.0332. The van der Waals surface area contributed by atoms with Crippen LogP contribution in [0.2, 0.25) is 0 Å². The Hall–Kier alpha value is -1.96. The monoisotopic (exact) mass is 335 g/mol. The summed E-state index contributed by atoms with van der Waals surface area (Å²) in [5, 5.41) is 14.0. The average Bonchev–Trinajstić information content (AvgIpc) is 2.57. The van der Waals surface area contributed by atoms with Crippen molar-refractivity contribution in [2.45, 2.75) is 44.5 Å². The number of azide groups is 1. The zero-order chi connectivity index (χ0) is 17.6. The Morgan fingerprint density at radius 3 is 2.83 bits per heavy atom. The second-order valence-corrected chi connectivity index (χ2v) is 5.96. The van der Waals surface area contributed by atoms with Crippen molar-refractivity contribution in [3.8, 4) is 0 Å². The summed E-state index contributed by atoms with van der Waals surface area (Å²) in [5.41, 5.74) is 9.66. The summed E-state index contributed by atoms with van der Waals surface area (Å²) >= 11 is 0. The molecule has 1 saturated heterocycles. The smallest absolute Gasteiger partial charge is 0.190 e. The lowest BCUT2D eigenvalue weighted by atomic mass is 10.0. The molecule has 8 nitrogen and oxygen atoms in total. The second kappa shape index (κ2) is 8.23. The van der Waals surface area contributed by atoms with E-state index in [-0.39, 0.29) is 13.2 Å². The van der Waals surface area contributed by atoms with E-state index in [0.29, 0.717) is 6.61 Å². The van der Waals surface area contributed by atoms with E-state index >= 15 is 0 Å². The minimum Gasteiger partial charge on any atom is -0.389 e. The van der Waals surface area contributed by atoms with Gasteiger partial charge in [-0.3, -0.25) is 4.79 Å². The third-order valence-corrected chi connectivity index (χ3v) is 3.59. The van der Waals surface area contributed by atoms with E-state index in [1.807, 2.05) is 30.3 Å². The van der Waals surface area contributed by atoms with Gasteiger partial charge in [0, 0.05) is 4.91 Å². The first-order valence-corrected chi connectivity index (χ1v) is 7.61. The van der Waals surface area contributed by atoms with E-state index in [9.17, 15) is 9.90 Å². The predicted octanol–water partition coefficient (Wildman–Crippen LogP) is 1.96. The van der Waals surface area contributed by atoms with Crippen LogP contribution in [-0.2, 0) is 25.6 Å². The van der Waals surface area contributed by atoms with Gasteiger partial charge in [0.05, 0.1) is 25.4 Å². The van der Waals surface area contributed by atoms with E-state index in [1.165, 1.54) is 0 Å². The number of ketones is 1. The fourth-order valence-electron chi connectivity index (χ4n) is 2.33. The standard InChI is InChI=1S/C16H21N3O5/c1-16(2)23-10-13(20)15(24-16)14(21)12(18-19-17)9-22-8-11-6-4-3-5-7-11/h3-7,12,14-15,21H,8-10H2,1-2H3/t12-,14-,15-/m1/s1. The summed E-state index contributed by atoms with van der Waals surface area (Å²) in [6.45, 7) is 3.40. The molecule has 1 aromatic rings. The van der Waals surface area contributed by atoms with E-state index in [2.05, 4.69) is 10.0 Å². The van der Waals surface area contributed by atoms with Crippen molar-refractivity contribution in [1.29, 1.82) is 0 Å². The molecule has 3 atom stereocenters. The van der Waals surface area contributed by atoms with Gasteiger partial charge in [-0.05, 0) is 24.9 Å². The predicted molar refractivity (Wildman–Crippen MR) is 84.9 cm³/mol. The largest absolute Gasteiger partial charge is 0.389 e. The summed E-state index contributed by atoms with van der Waals surface area (Å²) in [4.78, 5) is 14.7. The van der Waals surface area contributed by atoms with Crippen molar-refractivity contribution in [2.75, 3.05) is 13.2 Å². The van der Waals surface area contributed by atoms with Gasteiger partial charge in [0.15, 0.2) is 11.6 Å². The molecular formula is C16H21N3O5. The maximum absolute atomic E-state index is 11.9. The molecule has 0 saturated carbocycles. The second-order valence-electron chi connectivity index (χ2n) is 5.96. The first kappa shape index (κ1) is 18.4. The summed E-state index contributed by atoms with van der Waals surface area (Å²) in [5.74, 6) is -1.39. The Balaban J connectivity index is 1.98. The van der Waals surface area contributed by atoms with Gasteiger partial charge in [0.25, 0.3) is 0 Å². The van der Waals surface area contributed by atoms with Crippen molar-refractivity contribution in [3.05, 3.63) is 46.3 Å². The van der Waals surface area contributed by atoms with Gasteiger partial charge in [-0.1, -0.05) is 35.4 Å². The molecule has 1 fully saturated rings. The molecule has 0 aromatic heterocycles. The van der Waals surface area contributed by atoms with Crippen molar-refractivity contribution >= 4 is 5.78 Å². The Morgan fingerprint density at radius 2 is 2.17 bits per heavy atom. The number of carbonyl (C=O) groups excluding carboxylic acids is 1. The highest BCUT2D eigenvalue weighted by Gasteiger charge is 2.42. The highest BCUT2D eigenvalue weighted by Crippen LogP contribution is 2.24. The van der Waals surface area contributed by atoms with Gasteiger partial charge >= 0.3 is 0 Å². The highest BCUT2D eigenvalue weighted by atomic mass is 16.7. The molecule has 0 aliphatic carbocycles. The molecule has 8 heteroatoms. The van der Waals surface area contributed by atoms with Crippen LogP contribution in [0.25, 0.3) is 10.4 Å². The molecule has 130 valence electrons. The molecule has 0 spiro atoms. The van der Waals surface area contributed by atoms with Gasteiger partial charge in [-0.15, -0.1) is 0 Å².